The van der Waals surface area contributed by atoms with Gasteiger partial charge in [0.2, 0.25) is 10.0 Å². The number of morpholine rings is 1. The number of carboxylic acid groups (broad SMARTS) is 1. The monoisotopic (exact) mass is 270 g/mol. The second-order valence-corrected chi connectivity index (χ2v) is 5.77. The Morgan fingerprint density at radius 3 is 2.56 bits per heavy atom. The van der Waals surface area contributed by atoms with Crippen molar-refractivity contribution in [3.63, 3.8) is 0 Å². The molecule has 0 N–H and O–H groups in total. The largest absolute Gasteiger partial charge is 0.545 e. The van der Waals surface area contributed by atoms with Gasteiger partial charge in [0.15, 0.2) is 0 Å². The Morgan fingerprint density at radius 2 is 1.94 bits per heavy atom. The molecule has 0 atom stereocenters. The van der Waals surface area contributed by atoms with Crippen molar-refractivity contribution in [1.29, 1.82) is 0 Å². The van der Waals surface area contributed by atoms with Crippen LogP contribution < -0.4 is 5.11 Å². The summed E-state index contributed by atoms with van der Waals surface area (Å²) in [5.74, 6) is -1.39. The zero-order chi connectivity index (χ0) is 13.2. The maximum absolute atomic E-state index is 12.2. The second kappa shape index (κ2) is 5.05. The zero-order valence-corrected chi connectivity index (χ0v) is 10.4. The number of hydrogen-bond donors (Lipinski definition) is 0. The number of nitrogens with zero attached hydrogens (tertiary/aromatic N) is 1. The maximum atomic E-state index is 12.2. The van der Waals surface area contributed by atoms with E-state index in [1.807, 2.05) is 0 Å². The molecule has 7 heteroatoms. The highest BCUT2D eigenvalue weighted by Gasteiger charge is 2.26. The van der Waals surface area contributed by atoms with E-state index in [-0.39, 0.29) is 23.5 Å². The molecule has 0 spiro atoms. The van der Waals surface area contributed by atoms with Crippen LogP contribution in [0.1, 0.15) is 10.4 Å². The molecule has 18 heavy (non-hydrogen) atoms. The fraction of sp³-hybridized carbons (Fsp3) is 0.364. The van der Waals surface area contributed by atoms with E-state index in [1.54, 1.807) is 0 Å². The van der Waals surface area contributed by atoms with Crippen LogP contribution in [0.4, 0.5) is 0 Å². The Morgan fingerprint density at radius 1 is 1.28 bits per heavy atom. The topological polar surface area (TPSA) is 86.7 Å². The van der Waals surface area contributed by atoms with Crippen LogP contribution in [0, 0.1) is 0 Å². The number of carbonyl (C=O) groups is 1. The van der Waals surface area contributed by atoms with Crippen LogP contribution in [0.3, 0.4) is 0 Å². The molecule has 6 nitrogen and oxygen atoms in total. The summed E-state index contributed by atoms with van der Waals surface area (Å²) >= 11 is 0. The van der Waals surface area contributed by atoms with Gasteiger partial charge in [0.05, 0.1) is 24.1 Å². The molecule has 1 aromatic rings. The highest BCUT2D eigenvalue weighted by molar-refractivity contribution is 7.89. The van der Waals surface area contributed by atoms with E-state index in [4.69, 9.17) is 4.74 Å². The molecule has 0 amide bonds. The van der Waals surface area contributed by atoms with Gasteiger partial charge in [0.25, 0.3) is 0 Å². The van der Waals surface area contributed by atoms with E-state index in [9.17, 15) is 18.3 Å². The minimum absolute atomic E-state index is 0.0360. The number of sulfonamides is 1. The second-order valence-electron chi connectivity index (χ2n) is 3.83. The summed E-state index contributed by atoms with van der Waals surface area (Å²) in [6.07, 6.45) is 0. The summed E-state index contributed by atoms with van der Waals surface area (Å²) < 4.78 is 30.8. The molecule has 1 aliphatic rings. The van der Waals surface area contributed by atoms with Crippen molar-refractivity contribution in [3.05, 3.63) is 29.8 Å². The summed E-state index contributed by atoms with van der Waals surface area (Å²) in [5, 5.41) is 10.7. The van der Waals surface area contributed by atoms with Gasteiger partial charge in [-0.1, -0.05) is 12.1 Å². The van der Waals surface area contributed by atoms with Crippen molar-refractivity contribution < 1.29 is 23.1 Å². The number of hydrogen-bond acceptors (Lipinski definition) is 5. The molecule has 0 unspecified atom stereocenters. The van der Waals surface area contributed by atoms with Crippen LogP contribution in [0.5, 0.6) is 0 Å². The lowest BCUT2D eigenvalue weighted by Crippen LogP contribution is -2.40. The van der Waals surface area contributed by atoms with Crippen LogP contribution in [0.2, 0.25) is 0 Å². The number of benzene rings is 1. The molecule has 1 heterocycles. The summed E-state index contributed by atoms with van der Waals surface area (Å²) in [6, 6.07) is 5.17. The molecule has 1 fully saturated rings. The van der Waals surface area contributed by atoms with Crippen LogP contribution in [0.15, 0.2) is 29.2 Å². The average Bonchev–Trinajstić information content (AvgIpc) is 2.40. The minimum atomic E-state index is -3.66. The first-order valence-corrected chi connectivity index (χ1v) is 6.85. The first-order valence-electron chi connectivity index (χ1n) is 5.41. The molecule has 0 aromatic heterocycles. The van der Waals surface area contributed by atoms with E-state index >= 15 is 0 Å². The van der Waals surface area contributed by atoms with Crippen LogP contribution >= 0.6 is 0 Å². The van der Waals surface area contributed by atoms with Gasteiger partial charge in [-0.15, -0.1) is 0 Å². The van der Waals surface area contributed by atoms with Gasteiger partial charge in [-0.05, 0) is 17.7 Å². The van der Waals surface area contributed by atoms with Crippen molar-refractivity contribution >= 4 is 16.0 Å². The minimum Gasteiger partial charge on any atom is -0.545 e. The lowest BCUT2D eigenvalue weighted by atomic mass is 10.2. The quantitative estimate of drug-likeness (QED) is 0.708. The van der Waals surface area contributed by atoms with Crippen molar-refractivity contribution in [2.45, 2.75) is 4.90 Å². The van der Waals surface area contributed by atoms with E-state index in [0.29, 0.717) is 13.2 Å². The third-order valence-electron chi connectivity index (χ3n) is 2.68. The van der Waals surface area contributed by atoms with Crippen LogP contribution in [-0.2, 0) is 14.8 Å². The fourth-order valence-corrected chi connectivity index (χ4v) is 3.17. The van der Waals surface area contributed by atoms with Gasteiger partial charge < -0.3 is 14.6 Å². The molecule has 2 rings (SSSR count). The Labute approximate surface area is 105 Å². The number of carbonyl (C=O) groups excluding carboxylic acids is 1. The average molecular weight is 270 g/mol. The standard InChI is InChI=1S/C11H13NO5S/c13-11(14)9-2-1-3-10(8-9)18(15,16)12-4-6-17-7-5-12/h1-3,8H,4-7H2,(H,13,14)/p-1. The van der Waals surface area contributed by atoms with E-state index < -0.39 is 16.0 Å². The lowest BCUT2D eigenvalue weighted by molar-refractivity contribution is -0.255. The Balaban J connectivity index is 2.34. The Kier molecular flexibility index (Phi) is 3.65. The predicted octanol–water partition coefficient (Wildman–Crippen LogP) is -0.929. The lowest BCUT2D eigenvalue weighted by Gasteiger charge is -2.26. The maximum Gasteiger partial charge on any atom is 0.243 e. The number of carboxylic acids is 1. The van der Waals surface area contributed by atoms with Crippen LogP contribution in [0.25, 0.3) is 0 Å². The van der Waals surface area contributed by atoms with Crippen molar-refractivity contribution in [2.24, 2.45) is 0 Å². The third kappa shape index (κ3) is 2.53. The summed E-state index contributed by atoms with van der Waals surface area (Å²) in [5.41, 5.74) is -0.149. The van der Waals surface area contributed by atoms with Gasteiger partial charge in [-0.25, -0.2) is 8.42 Å². The van der Waals surface area contributed by atoms with E-state index in [1.165, 1.54) is 22.5 Å². The Hall–Kier alpha value is -1.44. The molecule has 0 saturated carbocycles. The van der Waals surface area contributed by atoms with Crippen molar-refractivity contribution in [1.82, 2.24) is 4.31 Å². The smallest absolute Gasteiger partial charge is 0.243 e. The number of rotatable bonds is 3. The first kappa shape index (κ1) is 13.0. The number of ether oxygens (including phenoxy) is 1. The highest BCUT2D eigenvalue weighted by Crippen LogP contribution is 2.18. The molecule has 1 aromatic carbocycles. The number of aromatic carboxylic acids is 1. The molecular weight excluding hydrogens is 258 g/mol. The zero-order valence-electron chi connectivity index (χ0n) is 9.53. The molecule has 1 saturated heterocycles. The first-order chi connectivity index (χ1) is 8.51. The Bertz CT molecular complexity index is 548. The van der Waals surface area contributed by atoms with E-state index in [0.717, 1.165) is 6.07 Å². The molecule has 0 bridgehead atoms. The van der Waals surface area contributed by atoms with Crippen molar-refractivity contribution in [2.75, 3.05) is 26.3 Å². The van der Waals surface area contributed by atoms with Gasteiger partial charge in [-0.2, -0.15) is 4.31 Å². The summed E-state index contributed by atoms with van der Waals surface area (Å²) in [7, 11) is -3.66. The van der Waals surface area contributed by atoms with Gasteiger partial charge in [0, 0.05) is 13.1 Å². The fourth-order valence-electron chi connectivity index (χ4n) is 1.72. The normalized spacial score (nSPS) is 17.6. The van der Waals surface area contributed by atoms with Crippen molar-refractivity contribution in [3.8, 4) is 0 Å². The van der Waals surface area contributed by atoms with Gasteiger partial charge >= 0.3 is 0 Å². The SMILES string of the molecule is O=C([O-])c1cccc(S(=O)(=O)N2CCOCC2)c1. The molecule has 0 aliphatic carbocycles. The van der Waals surface area contributed by atoms with Gasteiger partial charge in [-0.3, -0.25) is 0 Å². The molecule has 1 aliphatic heterocycles. The third-order valence-corrected chi connectivity index (χ3v) is 4.57. The molecule has 98 valence electrons. The molecular formula is C11H12NO5S-. The molecule has 0 radical (unpaired) electrons. The predicted molar refractivity (Wildman–Crippen MR) is 60.4 cm³/mol. The van der Waals surface area contributed by atoms with Gasteiger partial charge in [0.1, 0.15) is 0 Å². The summed E-state index contributed by atoms with van der Waals surface area (Å²) in [6.45, 7) is 1.24. The van der Waals surface area contributed by atoms with Crippen LogP contribution in [-0.4, -0.2) is 45.0 Å². The highest BCUT2D eigenvalue weighted by atomic mass is 32.2. The van der Waals surface area contributed by atoms with E-state index in [2.05, 4.69) is 0 Å². The summed E-state index contributed by atoms with van der Waals surface area (Å²) in [4.78, 5) is 10.7.